The Morgan fingerprint density at radius 3 is 2.34 bits per heavy atom. The number of hydrogen-bond acceptors (Lipinski definition) is 3. The summed E-state index contributed by atoms with van der Waals surface area (Å²) in [6, 6.07) is 6.06. The smallest absolute Gasteiger partial charge is 0.335 e. The van der Waals surface area contributed by atoms with E-state index in [1.807, 2.05) is 0 Å². The number of carbonyl (C=O) groups is 1. The van der Waals surface area contributed by atoms with Crippen LogP contribution in [0.4, 0.5) is 10.5 Å². The maximum atomic E-state index is 12.9. The second-order valence-corrected chi connectivity index (χ2v) is 10.00. The Kier molecular flexibility index (Phi) is 7.80. The van der Waals surface area contributed by atoms with Crippen molar-refractivity contribution >= 4 is 11.7 Å². The van der Waals surface area contributed by atoms with Gasteiger partial charge in [-0.15, -0.1) is 0 Å². The van der Waals surface area contributed by atoms with Gasteiger partial charge < -0.3 is 10.6 Å². The predicted octanol–water partition coefficient (Wildman–Crippen LogP) is 4.86. The van der Waals surface area contributed by atoms with E-state index in [4.69, 9.17) is 0 Å². The standard InChI is InChI=1S/C25H39N5O2/c1-16(2)12-15-30-25(32)29-14-13-19(10-11-22(29)28-30)26-24(31)27-23-20(17(3)4)8-7-9-21(23)18(5)6/h7-9,16-19H,10-15H2,1-6H3,(H2,26,27,31). The Labute approximate surface area is 191 Å². The Bertz CT molecular complexity index is 960. The summed E-state index contributed by atoms with van der Waals surface area (Å²) in [6.45, 7) is 14.1. The lowest BCUT2D eigenvalue weighted by Crippen LogP contribution is -2.39. The van der Waals surface area contributed by atoms with Gasteiger partial charge in [0.1, 0.15) is 5.82 Å². The minimum Gasteiger partial charge on any atom is -0.335 e. The highest BCUT2D eigenvalue weighted by Gasteiger charge is 2.23. The van der Waals surface area contributed by atoms with E-state index in [1.54, 1.807) is 9.25 Å². The molecule has 0 saturated carbocycles. The van der Waals surface area contributed by atoms with Gasteiger partial charge in [-0.3, -0.25) is 4.57 Å². The van der Waals surface area contributed by atoms with Crippen molar-refractivity contribution in [2.24, 2.45) is 5.92 Å². The molecule has 2 heterocycles. The van der Waals surface area contributed by atoms with Crippen molar-refractivity contribution in [2.75, 3.05) is 5.32 Å². The van der Waals surface area contributed by atoms with Gasteiger partial charge in [-0.2, -0.15) is 5.10 Å². The number of carbonyl (C=O) groups excluding carboxylic acids is 1. The molecule has 1 aliphatic heterocycles. The normalized spacial score (nSPS) is 16.3. The number of anilines is 1. The van der Waals surface area contributed by atoms with E-state index < -0.39 is 0 Å². The van der Waals surface area contributed by atoms with Crippen LogP contribution in [0.2, 0.25) is 0 Å². The summed E-state index contributed by atoms with van der Waals surface area (Å²) in [4.78, 5) is 25.6. The van der Waals surface area contributed by atoms with Crippen LogP contribution in [0.1, 0.15) is 89.6 Å². The Morgan fingerprint density at radius 1 is 1.09 bits per heavy atom. The van der Waals surface area contributed by atoms with Gasteiger partial charge in [0, 0.05) is 31.2 Å². The highest BCUT2D eigenvalue weighted by molar-refractivity contribution is 5.91. The zero-order valence-corrected chi connectivity index (χ0v) is 20.4. The van der Waals surface area contributed by atoms with Gasteiger partial charge in [-0.1, -0.05) is 59.7 Å². The summed E-state index contributed by atoms with van der Waals surface area (Å²) in [7, 11) is 0. The lowest BCUT2D eigenvalue weighted by atomic mass is 9.93. The third-order valence-corrected chi connectivity index (χ3v) is 6.28. The van der Waals surface area contributed by atoms with Crippen molar-refractivity contribution in [1.82, 2.24) is 19.7 Å². The lowest BCUT2D eigenvalue weighted by molar-refractivity contribution is 0.246. The zero-order valence-electron chi connectivity index (χ0n) is 20.4. The molecule has 7 nitrogen and oxygen atoms in total. The highest BCUT2D eigenvalue weighted by Crippen LogP contribution is 2.32. The van der Waals surface area contributed by atoms with Gasteiger partial charge in [0.25, 0.3) is 0 Å². The molecule has 0 fully saturated rings. The quantitative estimate of drug-likeness (QED) is 0.643. The van der Waals surface area contributed by atoms with Crippen LogP contribution in [0.3, 0.4) is 0 Å². The van der Waals surface area contributed by atoms with Crippen molar-refractivity contribution < 1.29 is 4.79 Å². The molecule has 7 heteroatoms. The minimum atomic E-state index is -0.182. The van der Waals surface area contributed by atoms with Crippen LogP contribution in [-0.2, 0) is 19.5 Å². The number of fused-ring (bicyclic) bond motifs is 1. The second-order valence-electron chi connectivity index (χ2n) is 10.00. The number of nitrogens with zero attached hydrogens (tertiary/aromatic N) is 3. The van der Waals surface area contributed by atoms with Crippen molar-refractivity contribution in [3.63, 3.8) is 0 Å². The zero-order chi connectivity index (χ0) is 23.4. The van der Waals surface area contributed by atoms with Gasteiger partial charge in [0.15, 0.2) is 0 Å². The summed E-state index contributed by atoms with van der Waals surface area (Å²) >= 11 is 0. The number of para-hydroxylation sites is 1. The first-order chi connectivity index (χ1) is 15.2. The van der Waals surface area contributed by atoms with E-state index >= 15 is 0 Å². The van der Waals surface area contributed by atoms with E-state index in [2.05, 4.69) is 75.5 Å². The maximum absolute atomic E-state index is 12.9. The number of rotatable bonds is 7. The molecule has 0 radical (unpaired) electrons. The van der Waals surface area contributed by atoms with E-state index in [9.17, 15) is 9.59 Å². The molecular weight excluding hydrogens is 402 g/mol. The van der Waals surface area contributed by atoms with Crippen LogP contribution < -0.4 is 16.3 Å². The van der Waals surface area contributed by atoms with Crippen LogP contribution in [0.25, 0.3) is 0 Å². The first-order valence-corrected chi connectivity index (χ1v) is 12.0. The number of aryl methyl sites for hydroxylation is 2. The third kappa shape index (κ3) is 5.61. The molecule has 0 spiro atoms. The van der Waals surface area contributed by atoms with Crippen molar-refractivity contribution in [1.29, 1.82) is 0 Å². The van der Waals surface area contributed by atoms with E-state index in [0.717, 1.165) is 41.9 Å². The van der Waals surface area contributed by atoms with E-state index in [0.29, 0.717) is 37.3 Å². The molecule has 1 aliphatic rings. The number of aromatic nitrogens is 3. The number of amides is 2. The number of urea groups is 1. The van der Waals surface area contributed by atoms with Gasteiger partial charge in [0.05, 0.1) is 0 Å². The van der Waals surface area contributed by atoms with Crippen LogP contribution in [0.15, 0.2) is 23.0 Å². The summed E-state index contributed by atoms with van der Waals surface area (Å²) in [6.07, 6.45) is 3.13. The molecule has 2 aromatic rings. The topological polar surface area (TPSA) is 81.0 Å². The molecule has 2 N–H and O–H groups in total. The molecule has 1 aromatic carbocycles. The first kappa shape index (κ1) is 24.1. The monoisotopic (exact) mass is 441 g/mol. The predicted molar refractivity (Wildman–Crippen MR) is 129 cm³/mol. The molecule has 1 aromatic heterocycles. The molecule has 176 valence electrons. The molecule has 0 aliphatic carbocycles. The molecule has 2 amide bonds. The molecule has 0 bridgehead atoms. The van der Waals surface area contributed by atoms with Gasteiger partial charge in [0.2, 0.25) is 0 Å². The maximum Gasteiger partial charge on any atom is 0.345 e. The average molecular weight is 442 g/mol. The fraction of sp³-hybridized carbons (Fsp3) is 0.640. The minimum absolute atomic E-state index is 0.00827. The number of benzene rings is 1. The SMILES string of the molecule is CC(C)CCn1nc2n(c1=O)CCC(NC(=O)Nc1c(C(C)C)cccc1C(C)C)CC2. The molecular formula is C25H39N5O2. The number of hydrogen-bond donors (Lipinski definition) is 2. The molecule has 1 atom stereocenters. The second kappa shape index (κ2) is 10.4. The Balaban J connectivity index is 1.66. The summed E-state index contributed by atoms with van der Waals surface area (Å²) < 4.78 is 3.39. The van der Waals surface area contributed by atoms with Gasteiger partial charge in [-0.25, -0.2) is 14.3 Å². The van der Waals surface area contributed by atoms with Crippen LogP contribution in [0.5, 0.6) is 0 Å². The third-order valence-electron chi connectivity index (χ3n) is 6.28. The van der Waals surface area contributed by atoms with Gasteiger partial charge in [-0.05, 0) is 48.1 Å². The lowest BCUT2D eigenvalue weighted by Gasteiger charge is -2.22. The Morgan fingerprint density at radius 2 is 1.75 bits per heavy atom. The fourth-order valence-corrected chi connectivity index (χ4v) is 4.33. The summed E-state index contributed by atoms with van der Waals surface area (Å²) in [5.74, 6) is 2.00. The average Bonchev–Trinajstić information content (AvgIpc) is 2.88. The van der Waals surface area contributed by atoms with E-state index in [1.165, 1.54) is 0 Å². The molecule has 1 unspecified atom stereocenters. The van der Waals surface area contributed by atoms with Gasteiger partial charge >= 0.3 is 11.7 Å². The van der Waals surface area contributed by atoms with Crippen LogP contribution in [-0.4, -0.2) is 26.4 Å². The number of nitrogens with one attached hydrogen (secondary N) is 2. The first-order valence-electron chi connectivity index (χ1n) is 12.0. The summed E-state index contributed by atoms with van der Waals surface area (Å²) in [5.41, 5.74) is 3.19. The molecule has 0 saturated heterocycles. The van der Waals surface area contributed by atoms with E-state index in [-0.39, 0.29) is 17.8 Å². The van der Waals surface area contributed by atoms with Crippen molar-refractivity contribution in [3.05, 3.63) is 45.6 Å². The van der Waals surface area contributed by atoms with Crippen molar-refractivity contribution in [3.8, 4) is 0 Å². The summed E-state index contributed by atoms with van der Waals surface area (Å²) in [5, 5.41) is 10.8. The molecule has 32 heavy (non-hydrogen) atoms. The Hall–Kier alpha value is -2.57. The van der Waals surface area contributed by atoms with Crippen molar-refractivity contribution in [2.45, 2.75) is 98.2 Å². The van der Waals surface area contributed by atoms with Crippen LogP contribution >= 0.6 is 0 Å². The molecule has 3 rings (SSSR count). The highest BCUT2D eigenvalue weighted by atomic mass is 16.2. The largest absolute Gasteiger partial charge is 0.345 e. The van der Waals surface area contributed by atoms with Crippen LogP contribution in [0, 0.1) is 5.92 Å². The fourth-order valence-electron chi connectivity index (χ4n) is 4.33.